The Hall–Kier alpha value is -1.76. The van der Waals surface area contributed by atoms with E-state index in [2.05, 4.69) is 0 Å². The Kier molecular flexibility index (Phi) is 4.46. The van der Waals surface area contributed by atoms with Gasteiger partial charge in [0.15, 0.2) is 0 Å². The molecule has 0 saturated heterocycles. The molecule has 5 nitrogen and oxygen atoms in total. The predicted octanol–water partition coefficient (Wildman–Crippen LogP) is 3.29. The third-order valence-electron chi connectivity index (χ3n) is 4.11. The predicted molar refractivity (Wildman–Crippen MR) is 93.3 cm³/mol. The Morgan fingerprint density at radius 2 is 2.00 bits per heavy atom. The van der Waals surface area contributed by atoms with Crippen LogP contribution in [0.4, 0.5) is 5.69 Å². The van der Waals surface area contributed by atoms with Crippen LogP contribution in [0.2, 0.25) is 5.02 Å². The number of hydrogen-bond donors (Lipinski definition) is 1. The topological polar surface area (TPSA) is 66.8 Å². The maximum absolute atomic E-state index is 13.2. The number of aliphatic hydroxyl groups excluding tert-OH is 1. The lowest BCUT2D eigenvalue weighted by Crippen LogP contribution is -2.37. The number of nitrogens with zero attached hydrogens (tertiary/aromatic N) is 1. The number of anilines is 1. The fourth-order valence-electron chi connectivity index (χ4n) is 2.89. The molecule has 3 rings (SSSR count). The van der Waals surface area contributed by atoms with Gasteiger partial charge in [-0.2, -0.15) is 0 Å². The summed E-state index contributed by atoms with van der Waals surface area (Å²) >= 11 is 5.99. The Morgan fingerprint density at radius 3 is 2.71 bits per heavy atom. The zero-order valence-corrected chi connectivity index (χ0v) is 14.9. The minimum atomic E-state index is -3.82. The highest BCUT2D eigenvalue weighted by atomic mass is 35.5. The van der Waals surface area contributed by atoms with Crippen molar-refractivity contribution in [2.75, 3.05) is 18.0 Å². The molecule has 1 aliphatic heterocycles. The first kappa shape index (κ1) is 17.1. The van der Waals surface area contributed by atoms with Gasteiger partial charge in [-0.05, 0) is 49.2 Å². The van der Waals surface area contributed by atoms with Gasteiger partial charge in [0.1, 0.15) is 10.6 Å². The van der Waals surface area contributed by atoms with Crippen LogP contribution in [0.1, 0.15) is 23.7 Å². The summed E-state index contributed by atoms with van der Waals surface area (Å²) in [5.41, 5.74) is 1.79. The van der Waals surface area contributed by atoms with Crippen LogP contribution in [-0.2, 0) is 10.0 Å². The van der Waals surface area contributed by atoms with Gasteiger partial charge in [-0.25, -0.2) is 8.42 Å². The fraction of sp³-hybridized carbons (Fsp3) is 0.294. The molecular formula is C17H18ClNO4S. The van der Waals surface area contributed by atoms with Crippen molar-refractivity contribution in [3.05, 3.63) is 52.5 Å². The number of rotatable bonds is 3. The van der Waals surface area contributed by atoms with E-state index >= 15 is 0 Å². The van der Waals surface area contributed by atoms with Gasteiger partial charge in [0.25, 0.3) is 10.0 Å². The lowest BCUT2D eigenvalue weighted by Gasteiger charge is -2.33. The number of aryl methyl sites for hydroxylation is 1. The quantitative estimate of drug-likeness (QED) is 0.903. The molecule has 0 aromatic heterocycles. The molecule has 0 saturated carbocycles. The molecule has 0 spiro atoms. The van der Waals surface area contributed by atoms with Gasteiger partial charge in [-0.15, -0.1) is 0 Å². The number of sulfonamides is 1. The molecule has 2 aromatic rings. The second-order valence-corrected chi connectivity index (χ2v) is 8.01. The molecule has 0 aliphatic carbocycles. The van der Waals surface area contributed by atoms with Crippen LogP contribution in [0.5, 0.6) is 5.75 Å². The lowest BCUT2D eigenvalue weighted by molar-refractivity contribution is 0.166. The van der Waals surface area contributed by atoms with Crippen molar-refractivity contribution in [2.45, 2.75) is 24.3 Å². The van der Waals surface area contributed by atoms with E-state index in [-0.39, 0.29) is 11.4 Å². The summed E-state index contributed by atoms with van der Waals surface area (Å²) in [6.45, 7) is 2.02. The molecule has 24 heavy (non-hydrogen) atoms. The van der Waals surface area contributed by atoms with E-state index in [0.717, 1.165) is 5.56 Å². The van der Waals surface area contributed by atoms with Crippen molar-refractivity contribution >= 4 is 27.3 Å². The smallest absolute Gasteiger partial charge is 0.268 e. The molecule has 1 N–H and O–H groups in total. The van der Waals surface area contributed by atoms with Gasteiger partial charge in [-0.3, -0.25) is 4.31 Å². The molecule has 0 fully saturated rings. The molecule has 0 amide bonds. The highest BCUT2D eigenvalue weighted by molar-refractivity contribution is 7.93. The van der Waals surface area contributed by atoms with Crippen LogP contribution in [0.15, 0.2) is 41.3 Å². The van der Waals surface area contributed by atoms with Crippen molar-refractivity contribution in [3.63, 3.8) is 0 Å². The molecule has 2 aromatic carbocycles. The van der Waals surface area contributed by atoms with Crippen molar-refractivity contribution in [1.82, 2.24) is 0 Å². The van der Waals surface area contributed by atoms with E-state index in [9.17, 15) is 13.5 Å². The third-order valence-corrected chi connectivity index (χ3v) is 6.18. The zero-order valence-electron chi connectivity index (χ0n) is 13.4. The second kappa shape index (κ2) is 6.27. The molecular weight excluding hydrogens is 350 g/mol. The number of ether oxygens (including phenoxy) is 1. The summed E-state index contributed by atoms with van der Waals surface area (Å²) in [7, 11) is -2.38. The highest BCUT2D eigenvalue weighted by Gasteiger charge is 2.34. The monoisotopic (exact) mass is 367 g/mol. The number of methoxy groups -OCH3 is 1. The van der Waals surface area contributed by atoms with Crippen LogP contribution in [0, 0.1) is 6.92 Å². The van der Waals surface area contributed by atoms with Gasteiger partial charge in [-0.1, -0.05) is 17.7 Å². The molecule has 1 aliphatic rings. The number of aliphatic hydroxyl groups is 1. The van der Waals surface area contributed by atoms with Crippen LogP contribution < -0.4 is 9.04 Å². The van der Waals surface area contributed by atoms with E-state index < -0.39 is 16.1 Å². The SMILES string of the molecule is COc1ccc(C)cc1S(=O)(=O)N1CCC(O)c2cc(Cl)ccc21. The largest absolute Gasteiger partial charge is 0.495 e. The minimum absolute atomic E-state index is 0.113. The van der Waals surface area contributed by atoms with Gasteiger partial charge in [0.05, 0.1) is 18.9 Å². The summed E-state index contributed by atoms with van der Waals surface area (Å²) in [5.74, 6) is 0.294. The van der Waals surface area contributed by atoms with Gasteiger partial charge in [0.2, 0.25) is 0 Å². The first-order valence-electron chi connectivity index (χ1n) is 7.49. The Morgan fingerprint density at radius 1 is 1.25 bits per heavy atom. The van der Waals surface area contributed by atoms with Crippen molar-refractivity contribution in [1.29, 1.82) is 0 Å². The fourth-order valence-corrected chi connectivity index (χ4v) is 4.82. The summed E-state index contributed by atoms with van der Waals surface area (Å²) in [6.07, 6.45) is -0.426. The standard InChI is InChI=1S/C17H18ClNO4S/c1-11-3-6-16(23-2)17(9-11)24(21,22)19-8-7-15(20)13-10-12(18)4-5-14(13)19/h3-6,9-10,15,20H,7-8H2,1-2H3. The zero-order chi connectivity index (χ0) is 17.5. The average Bonchev–Trinajstić information content (AvgIpc) is 2.55. The van der Waals surface area contributed by atoms with Crippen molar-refractivity contribution < 1.29 is 18.3 Å². The Balaban J connectivity index is 2.16. The van der Waals surface area contributed by atoms with Crippen LogP contribution in [0.3, 0.4) is 0 Å². The van der Waals surface area contributed by atoms with E-state index in [1.165, 1.54) is 11.4 Å². The van der Waals surface area contributed by atoms with Crippen LogP contribution in [-0.4, -0.2) is 27.2 Å². The lowest BCUT2D eigenvalue weighted by atomic mass is 10.0. The van der Waals surface area contributed by atoms with Crippen molar-refractivity contribution in [2.24, 2.45) is 0 Å². The first-order valence-corrected chi connectivity index (χ1v) is 9.31. The molecule has 1 heterocycles. The van der Waals surface area contributed by atoms with E-state index in [4.69, 9.17) is 16.3 Å². The van der Waals surface area contributed by atoms with Crippen molar-refractivity contribution in [3.8, 4) is 5.75 Å². The van der Waals surface area contributed by atoms with Gasteiger partial charge in [0, 0.05) is 17.1 Å². The molecule has 1 unspecified atom stereocenters. The average molecular weight is 368 g/mol. The van der Waals surface area contributed by atoms with Gasteiger partial charge >= 0.3 is 0 Å². The minimum Gasteiger partial charge on any atom is -0.495 e. The number of fused-ring (bicyclic) bond motifs is 1. The van der Waals surface area contributed by atoms with E-state index in [1.807, 2.05) is 6.92 Å². The van der Waals surface area contributed by atoms with Crippen LogP contribution >= 0.6 is 11.6 Å². The summed E-state index contributed by atoms with van der Waals surface area (Å²) in [6, 6.07) is 9.88. The molecule has 1 atom stereocenters. The van der Waals surface area contributed by atoms with Crippen LogP contribution in [0.25, 0.3) is 0 Å². The number of benzene rings is 2. The maximum Gasteiger partial charge on any atom is 0.268 e. The summed E-state index contributed by atoms with van der Waals surface area (Å²) < 4.78 is 32.9. The molecule has 7 heteroatoms. The summed E-state index contributed by atoms with van der Waals surface area (Å²) in [5, 5.41) is 10.6. The third kappa shape index (κ3) is 2.85. The Labute approximate surface area is 146 Å². The maximum atomic E-state index is 13.2. The second-order valence-electron chi connectivity index (χ2n) is 5.74. The molecule has 0 radical (unpaired) electrons. The molecule has 0 bridgehead atoms. The number of halogens is 1. The highest BCUT2D eigenvalue weighted by Crippen LogP contribution is 2.40. The van der Waals surface area contributed by atoms with E-state index in [1.54, 1.807) is 36.4 Å². The van der Waals surface area contributed by atoms with Gasteiger partial charge < -0.3 is 9.84 Å². The normalized spacial score (nSPS) is 17.5. The van der Waals surface area contributed by atoms with E-state index in [0.29, 0.717) is 28.4 Å². The first-order chi connectivity index (χ1) is 11.3. The Bertz CT molecular complexity index is 882. The number of hydrogen-bond acceptors (Lipinski definition) is 4. The summed E-state index contributed by atoms with van der Waals surface area (Å²) in [4.78, 5) is 0.113. The molecule has 128 valence electrons.